The summed E-state index contributed by atoms with van der Waals surface area (Å²) in [4.78, 5) is 22.9. The number of carboxylic acids is 1. The SMILES string of the molecule is COCC(C)CC(=O)Nc1ccc(Br)cc1C(=O)O. The number of anilines is 1. The molecule has 0 saturated carbocycles. The minimum Gasteiger partial charge on any atom is -0.478 e. The number of carbonyl (C=O) groups is 2. The normalized spacial score (nSPS) is 11.9. The molecule has 0 aromatic heterocycles. The molecule has 0 aliphatic rings. The topological polar surface area (TPSA) is 75.6 Å². The number of methoxy groups -OCH3 is 1. The summed E-state index contributed by atoms with van der Waals surface area (Å²) in [6, 6.07) is 4.70. The zero-order chi connectivity index (χ0) is 14.4. The van der Waals surface area contributed by atoms with Crippen LogP contribution in [0.1, 0.15) is 23.7 Å². The lowest BCUT2D eigenvalue weighted by atomic mass is 10.1. The molecule has 0 fully saturated rings. The van der Waals surface area contributed by atoms with Gasteiger partial charge >= 0.3 is 5.97 Å². The van der Waals surface area contributed by atoms with Crippen LogP contribution in [0.25, 0.3) is 0 Å². The van der Waals surface area contributed by atoms with Crippen LogP contribution in [0.2, 0.25) is 0 Å². The van der Waals surface area contributed by atoms with E-state index in [9.17, 15) is 9.59 Å². The maximum atomic E-state index is 11.8. The van der Waals surface area contributed by atoms with Crippen LogP contribution >= 0.6 is 15.9 Å². The first kappa shape index (κ1) is 15.7. The zero-order valence-corrected chi connectivity index (χ0v) is 12.4. The number of halogens is 1. The molecule has 104 valence electrons. The smallest absolute Gasteiger partial charge is 0.337 e. The maximum absolute atomic E-state index is 11.8. The monoisotopic (exact) mass is 329 g/mol. The average Bonchev–Trinajstić information content (AvgIpc) is 2.31. The molecule has 0 bridgehead atoms. The summed E-state index contributed by atoms with van der Waals surface area (Å²) < 4.78 is 5.60. The molecule has 0 aliphatic heterocycles. The predicted molar refractivity (Wildman–Crippen MR) is 75.4 cm³/mol. The minimum atomic E-state index is -1.08. The number of aromatic carboxylic acids is 1. The van der Waals surface area contributed by atoms with E-state index in [-0.39, 0.29) is 23.8 Å². The van der Waals surface area contributed by atoms with E-state index < -0.39 is 5.97 Å². The Kier molecular flexibility index (Phi) is 5.98. The Labute approximate surface area is 120 Å². The number of benzene rings is 1. The first-order valence-corrected chi connectivity index (χ1v) is 6.55. The first-order valence-electron chi connectivity index (χ1n) is 5.75. The van der Waals surface area contributed by atoms with Crippen LogP contribution in [0.5, 0.6) is 0 Å². The van der Waals surface area contributed by atoms with E-state index >= 15 is 0 Å². The van der Waals surface area contributed by atoms with E-state index in [4.69, 9.17) is 9.84 Å². The van der Waals surface area contributed by atoms with Crippen LogP contribution in [-0.2, 0) is 9.53 Å². The molecule has 0 aliphatic carbocycles. The summed E-state index contributed by atoms with van der Waals surface area (Å²) in [6.07, 6.45) is 0.281. The van der Waals surface area contributed by atoms with E-state index in [1.54, 1.807) is 19.2 Å². The molecule has 1 amide bonds. The molecule has 1 aromatic rings. The third-order valence-corrected chi connectivity index (χ3v) is 2.96. The highest BCUT2D eigenvalue weighted by Gasteiger charge is 2.14. The van der Waals surface area contributed by atoms with Gasteiger partial charge in [0.25, 0.3) is 0 Å². The predicted octanol–water partition coefficient (Wildman–Crippen LogP) is 2.76. The van der Waals surface area contributed by atoms with Gasteiger partial charge in [0.15, 0.2) is 0 Å². The van der Waals surface area contributed by atoms with Gasteiger partial charge in [-0.2, -0.15) is 0 Å². The number of rotatable bonds is 6. The van der Waals surface area contributed by atoms with Gasteiger partial charge in [-0.1, -0.05) is 22.9 Å². The van der Waals surface area contributed by atoms with Crippen molar-refractivity contribution in [2.45, 2.75) is 13.3 Å². The van der Waals surface area contributed by atoms with Crippen molar-refractivity contribution in [2.24, 2.45) is 5.92 Å². The molecule has 19 heavy (non-hydrogen) atoms. The fourth-order valence-electron chi connectivity index (χ4n) is 1.66. The van der Waals surface area contributed by atoms with Gasteiger partial charge in [0.05, 0.1) is 11.3 Å². The third-order valence-electron chi connectivity index (χ3n) is 2.47. The van der Waals surface area contributed by atoms with Crippen LogP contribution in [0, 0.1) is 5.92 Å². The molecule has 0 saturated heterocycles. The number of hydrogen-bond acceptors (Lipinski definition) is 3. The van der Waals surface area contributed by atoms with Gasteiger partial charge in [-0.25, -0.2) is 4.79 Å². The van der Waals surface area contributed by atoms with Gasteiger partial charge in [0, 0.05) is 24.6 Å². The van der Waals surface area contributed by atoms with Gasteiger partial charge in [-0.15, -0.1) is 0 Å². The Bertz CT molecular complexity index is 476. The Morgan fingerprint density at radius 1 is 1.47 bits per heavy atom. The van der Waals surface area contributed by atoms with Crippen molar-refractivity contribution in [3.63, 3.8) is 0 Å². The second-order valence-corrected chi connectivity index (χ2v) is 5.22. The second kappa shape index (κ2) is 7.25. The van der Waals surface area contributed by atoms with Crippen molar-refractivity contribution in [2.75, 3.05) is 19.0 Å². The van der Waals surface area contributed by atoms with Gasteiger partial charge in [-0.05, 0) is 24.1 Å². The number of carboxylic acid groups (broad SMARTS) is 1. The van der Waals surface area contributed by atoms with E-state index in [0.29, 0.717) is 16.8 Å². The fraction of sp³-hybridized carbons (Fsp3) is 0.385. The summed E-state index contributed by atoms with van der Waals surface area (Å²) in [7, 11) is 1.58. The summed E-state index contributed by atoms with van der Waals surface area (Å²) in [5.41, 5.74) is 0.354. The Balaban J connectivity index is 2.76. The summed E-state index contributed by atoms with van der Waals surface area (Å²) in [5.74, 6) is -1.23. The molecule has 1 unspecified atom stereocenters. The Morgan fingerprint density at radius 2 is 2.16 bits per heavy atom. The van der Waals surface area contributed by atoms with E-state index in [1.165, 1.54) is 6.07 Å². The summed E-state index contributed by atoms with van der Waals surface area (Å²) in [5, 5.41) is 11.7. The summed E-state index contributed by atoms with van der Waals surface area (Å²) in [6.45, 7) is 2.38. The quantitative estimate of drug-likeness (QED) is 0.841. The molecule has 0 heterocycles. The first-order chi connectivity index (χ1) is 8.93. The largest absolute Gasteiger partial charge is 0.478 e. The lowest BCUT2D eigenvalue weighted by Crippen LogP contribution is -2.19. The van der Waals surface area contributed by atoms with E-state index in [2.05, 4.69) is 21.2 Å². The highest BCUT2D eigenvalue weighted by Crippen LogP contribution is 2.21. The van der Waals surface area contributed by atoms with Crippen LogP contribution in [-0.4, -0.2) is 30.7 Å². The minimum absolute atomic E-state index is 0.0575. The lowest BCUT2D eigenvalue weighted by molar-refractivity contribution is -0.117. The highest BCUT2D eigenvalue weighted by molar-refractivity contribution is 9.10. The van der Waals surface area contributed by atoms with Crippen molar-refractivity contribution in [1.82, 2.24) is 0 Å². The van der Waals surface area contributed by atoms with Gasteiger partial charge in [0.1, 0.15) is 0 Å². The van der Waals surface area contributed by atoms with Crippen molar-refractivity contribution in [3.8, 4) is 0 Å². The van der Waals surface area contributed by atoms with Crippen LogP contribution in [0.15, 0.2) is 22.7 Å². The van der Waals surface area contributed by atoms with Crippen LogP contribution < -0.4 is 5.32 Å². The number of carbonyl (C=O) groups excluding carboxylic acids is 1. The molecular weight excluding hydrogens is 314 g/mol. The Hall–Kier alpha value is -1.40. The van der Waals surface area contributed by atoms with Crippen LogP contribution in [0.4, 0.5) is 5.69 Å². The van der Waals surface area contributed by atoms with Crippen LogP contribution in [0.3, 0.4) is 0 Å². The lowest BCUT2D eigenvalue weighted by Gasteiger charge is -2.12. The average molecular weight is 330 g/mol. The maximum Gasteiger partial charge on any atom is 0.337 e. The van der Waals surface area contributed by atoms with E-state index in [1.807, 2.05) is 6.92 Å². The molecule has 1 aromatic carbocycles. The standard InChI is InChI=1S/C13H16BrNO4/c1-8(7-19-2)5-12(16)15-11-4-3-9(14)6-10(11)13(17)18/h3-4,6,8H,5,7H2,1-2H3,(H,15,16)(H,17,18). The molecule has 2 N–H and O–H groups in total. The van der Waals surface area contributed by atoms with Gasteiger partial charge in [-0.3, -0.25) is 4.79 Å². The molecule has 1 rings (SSSR count). The van der Waals surface area contributed by atoms with Crippen molar-refractivity contribution in [1.29, 1.82) is 0 Å². The second-order valence-electron chi connectivity index (χ2n) is 4.31. The number of hydrogen-bond donors (Lipinski definition) is 2. The van der Waals surface area contributed by atoms with Crippen molar-refractivity contribution in [3.05, 3.63) is 28.2 Å². The Morgan fingerprint density at radius 3 is 2.74 bits per heavy atom. The number of nitrogens with one attached hydrogen (secondary N) is 1. The molecule has 6 heteroatoms. The fourth-order valence-corrected chi connectivity index (χ4v) is 2.02. The molecular formula is C13H16BrNO4. The molecule has 0 radical (unpaired) electrons. The molecule has 0 spiro atoms. The molecule has 5 nitrogen and oxygen atoms in total. The van der Waals surface area contributed by atoms with E-state index in [0.717, 1.165) is 0 Å². The van der Waals surface area contributed by atoms with Gasteiger partial charge in [0.2, 0.25) is 5.91 Å². The van der Waals surface area contributed by atoms with Gasteiger partial charge < -0.3 is 15.2 Å². The van der Waals surface area contributed by atoms with Crippen molar-refractivity contribution >= 4 is 33.5 Å². The summed E-state index contributed by atoms with van der Waals surface area (Å²) >= 11 is 3.20. The third kappa shape index (κ3) is 5.00. The zero-order valence-electron chi connectivity index (χ0n) is 10.8. The van der Waals surface area contributed by atoms with Crippen molar-refractivity contribution < 1.29 is 19.4 Å². The highest BCUT2D eigenvalue weighted by atomic mass is 79.9. The number of ether oxygens (including phenoxy) is 1. The number of amides is 1. The molecule has 1 atom stereocenters.